The Balaban J connectivity index is 2.88. The molecule has 3 N–H and O–H groups in total. The van der Waals surface area contributed by atoms with E-state index in [1.54, 1.807) is 0 Å². The summed E-state index contributed by atoms with van der Waals surface area (Å²) >= 11 is 0. The molecule has 0 heterocycles. The van der Waals surface area contributed by atoms with Crippen molar-refractivity contribution in [3.8, 4) is 5.75 Å². The Morgan fingerprint density at radius 1 is 1.29 bits per heavy atom. The number of halogens is 3. The van der Waals surface area contributed by atoms with Crippen molar-refractivity contribution >= 4 is 6.03 Å². The molecule has 0 aliphatic carbocycles. The molecule has 2 unspecified atom stereocenters. The fourth-order valence-corrected chi connectivity index (χ4v) is 1.59. The highest BCUT2D eigenvalue weighted by Crippen LogP contribution is 2.33. The highest BCUT2D eigenvalue weighted by molar-refractivity contribution is 5.74. The topological polar surface area (TPSA) is 70.6 Å². The van der Waals surface area contributed by atoms with Crippen LogP contribution >= 0.6 is 0 Å². The standard InChI is InChI=1S/C13H17F3N2O3/c1-8(7-19)17-12(20)18-11(13(14,15)16)9-3-5-10(21-2)6-4-9/h3-6,8,11,19H,7H2,1-2H3,(H2,17,18,20). The number of aliphatic hydroxyl groups is 1. The Morgan fingerprint density at radius 3 is 2.29 bits per heavy atom. The maximum atomic E-state index is 13.0. The number of benzene rings is 1. The molecule has 0 aliphatic heterocycles. The lowest BCUT2D eigenvalue weighted by Gasteiger charge is -2.23. The predicted molar refractivity (Wildman–Crippen MR) is 70.0 cm³/mol. The van der Waals surface area contributed by atoms with Gasteiger partial charge in [0.25, 0.3) is 0 Å². The van der Waals surface area contributed by atoms with E-state index in [4.69, 9.17) is 9.84 Å². The van der Waals surface area contributed by atoms with E-state index in [1.165, 1.54) is 38.3 Å². The number of amides is 2. The van der Waals surface area contributed by atoms with Crippen LogP contribution in [-0.4, -0.2) is 37.1 Å². The molecule has 1 rings (SSSR count). The molecule has 8 heteroatoms. The Labute approximate surface area is 120 Å². The van der Waals surface area contributed by atoms with E-state index in [0.717, 1.165) is 0 Å². The Kier molecular flexibility index (Phi) is 5.83. The van der Waals surface area contributed by atoms with Crippen LogP contribution in [0.25, 0.3) is 0 Å². The van der Waals surface area contributed by atoms with E-state index in [0.29, 0.717) is 5.75 Å². The lowest BCUT2D eigenvalue weighted by atomic mass is 10.1. The lowest BCUT2D eigenvalue weighted by Crippen LogP contribution is -2.47. The zero-order valence-electron chi connectivity index (χ0n) is 11.6. The largest absolute Gasteiger partial charge is 0.497 e. The number of aliphatic hydroxyl groups excluding tert-OH is 1. The van der Waals surface area contributed by atoms with Crippen LogP contribution in [0.1, 0.15) is 18.5 Å². The van der Waals surface area contributed by atoms with Gasteiger partial charge in [0.1, 0.15) is 5.75 Å². The predicted octanol–water partition coefficient (Wildman–Crippen LogP) is 1.98. The number of ether oxygens (including phenoxy) is 1. The first-order chi connectivity index (χ1) is 9.77. The summed E-state index contributed by atoms with van der Waals surface area (Å²) in [5.74, 6) is 0.415. The van der Waals surface area contributed by atoms with Crippen molar-refractivity contribution in [3.05, 3.63) is 29.8 Å². The third kappa shape index (κ3) is 5.14. The molecule has 0 bridgehead atoms. The molecule has 1 aromatic carbocycles. The quantitative estimate of drug-likeness (QED) is 0.779. The van der Waals surface area contributed by atoms with Crippen molar-refractivity contribution in [2.75, 3.05) is 13.7 Å². The number of rotatable bonds is 5. The normalized spacial score (nSPS) is 14.2. The van der Waals surface area contributed by atoms with E-state index >= 15 is 0 Å². The third-order valence-corrected chi connectivity index (χ3v) is 2.70. The van der Waals surface area contributed by atoms with Gasteiger partial charge >= 0.3 is 12.2 Å². The molecule has 0 saturated carbocycles. The lowest BCUT2D eigenvalue weighted by molar-refractivity contribution is -0.155. The van der Waals surface area contributed by atoms with E-state index in [-0.39, 0.29) is 12.2 Å². The molecule has 0 fully saturated rings. The third-order valence-electron chi connectivity index (χ3n) is 2.70. The number of nitrogens with one attached hydrogen (secondary N) is 2. The number of carbonyl (C=O) groups excluding carboxylic acids is 1. The van der Waals surface area contributed by atoms with E-state index < -0.39 is 24.3 Å². The monoisotopic (exact) mass is 306 g/mol. The molecular weight excluding hydrogens is 289 g/mol. The Morgan fingerprint density at radius 2 is 1.86 bits per heavy atom. The van der Waals surface area contributed by atoms with Crippen molar-refractivity contribution in [2.24, 2.45) is 0 Å². The van der Waals surface area contributed by atoms with Crippen LogP contribution in [0.2, 0.25) is 0 Å². The first-order valence-corrected chi connectivity index (χ1v) is 6.16. The van der Waals surface area contributed by atoms with Gasteiger partial charge in [-0.05, 0) is 24.6 Å². The molecular formula is C13H17F3N2O3. The van der Waals surface area contributed by atoms with Crippen molar-refractivity contribution < 1.29 is 27.8 Å². The number of urea groups is 1. The first kappa shape index (κ1) is 17.1. The maximum Gasteiger partial charge on any atom is 0.412 e. The summed E-state index contributed by atoms with van der Waals surface area (Å²) in [6, 6.07) is 1.42. The zero-order valence-corrected chi connectivity index (χ0v) is 11.6. The molecule has 0 aliphatic rings. The number of hydrogen-bond donors (Lipinski definition) is 3. The van der Waals surface area contributed by atoms with Crippen molar-refractivity contribution in [1.82, 2.24) is 10.6 Å². The minimum atomic E-state index is -4.64. The first-order valence-electron chi connectivity index (χ1n) is 6.16. The average molecular weight is 306 g/mol. The fraction of sp³-hybridized carbons (Fsp3) is 0.462. The molecule has 2 atom stereocenters. The minimum Gasteiger partial charge on any atom is -0.497 e. The van der Waals surface area contributed by atoms with Gasteiger partial charge in [-0.2, -0.15) is 13.2 Å². The van der Waals surface area contributed by atoms with Crippen LogP contribution in [0.5, 0.6) is 5.75 Å². The van der Waals surface area contributed by atoms with Gasteiger partial charge in [-0.25, -0.2) is 4.79 Å². The summed E-state index contributed by atoms with van der Waals surface area (Å²) in [5, 5.41) is 12.8. The van der Waals surface area contributed by atoms with Crippen LogP contribution < -0.4 is 15.4 Å². The molecule has 0 aromatic heterocycles. The number of alkyl halides is 3. The summed E-state index contributed by atoms with van der Waals surface area (Å²) in [7, 11) is 1.40. The molecule has 0 spiro atoms. The summed E-state index contributed by atoms with van der Waals surface area (Å²) in [6.45, 7) is 1.10. The van der Waals surface area contributed by atoms with Gasteiger partial charge < -0.3 is 20.5 Å². The van der Waals surface area contributed by atoms with Crippen LogP contribution in [0.15, 0.2) is 24.3 Å². The molecule has 1 aromatic rings. The van der Waals surface area contributed by atoms with Crippen molar-refractivity contribution in [3.63, 3.8) is 0 Å². The molecule has 2 amide bonds. The van der Waals surface area contributed by atoms with E-state index in [1.807, 2.05) is 5.32 Å². The van der Waals surface area contributed by atoms with Gasteiger partial charge in [-0.15, -0.1) is 0 Å². The zero-order chi connectivity index (χ0) is 16.0. The van der Waals surface area contributed by atoms with Gasteiger partial charge in [0, 0.05) is 0 Å². The van der Waals surface area contributed by atoms with Crippen LogP contribution in [-0.2, 0) is 0 Å². The molecule has 5 nitrogen and oxygen atoms in total. The summed E-state index contributed by atoms with van der Waals surface area (Å²) in [4.78, 5) is 11.5. The Hall–Kier alpha value is -1.96. The van der Waals surface area contributed by atoms with Crippen LogP contribution in [0, 0.1) is 0 Å². The second-order valence-electron chi connectivity index (χ2n) is 4.45. The Bertz CT molecular complexity index is 463. The number of hydrogen-bond acceptors (Lipinski definition) is 3. The number of methoxy groups -OCH3 is 1. The molecule has 118 valence electrons. The van der Waals surface area contributed by atoms with E-state index in [9.17, 15) is 18.0 Å². The van der Waals surface area contributed by atoms with Crippen molar-refractivity contribution in [2.45, 2.75) is 25.2 Å². The molecule has 21 heavy (non-hydrogen) atoms. The van der Waals surface area contributed by atoms with Gasteiger partial charge in [0.05, 0.1) is 19.8 Å². The smallest absolute Gasteiger partial charge is 0.412 e. The van der Waals surface area contributed by atoms with Gasteiger partial charge in [0.2, 0.25) is 0 Å². The van der Waals surface area contributed by atoms with Gasteiger partial charge in [-0.3, -0.25) is 0 Å². The second kappa shape index (κ2) is 7.16. The van der Waals surface area contributed by atoms with Gasteiger partial charge in [-0.1, -0.05) is 12.1 Å². The van der Waals surface area contributed by atoms with E-state index in [2.05, 4.69) is 5.32 Å². The fourth-order valence-electron chi connectivity index (χ4n) is 1.59. The summed E-state index contributed by atoms with van der Waals surface area (Å²) in [5.41, 5.74) is -0.116. The number of carbonyl (C=O) groups is 1. The average Bonchev–Trinajstić information content (AvgIpc) is 2.43. The highest BCUT2D eigenvalue weighted by atomic mass is 19.4. The van der Waals surface area contributed by atoms with Crippen molar-refractivity contribution in [1.29, 1.82) is 0 Å². The highest BCUT2D eigenvalue weighted by Gasteiger charge is 2.42. The van der Waals surface area contributed by atoms with Gasteiger partial charge in [0.15, 0.2) is 6.04 Å². The summed E-state index contributed by atoms with van der Waals surface area (Å²) in [6.07, 6.45) is -4.64. The van der Waals surface area contributed by atoms with Crippen LogP contribution in [0.3, 0.4) is 0 Å². The minimum absolute atomic E-state index is 0.116. The summed E-state index contributed by atoms with van der Waals surface area (Å²) < 4.78 is 44.0. The molecule has 0 saturated heterocycles. The van der Waals surface area contributed by atoms with Crippen LogP contribution in [0.4, 0.5) is 18.0 Å². The maximum absolute atomic E-state index is 13.0. The second-order valence-corrected chi connectivity index (χ2v) is 4.45. The molecule has 0 radical (unpaired) electrons. The SMILES string of the molecule is COc1ccc(C(NC(=O)NC(C)CO)C(F)(F)F)cc1.